The molecule has 0 saturated heterocycles. The zero-order valence-electron chi connectivity index (χ0n) is 14.9. The molecule has 1 unspecified atom stereocenters. The van der Waals surface area contributed by atoms with Crippen molar-refractivity contribution in [3.63, 3.8) is 0 Å². The lowest BCUT2D eigenvalue weighted by atomic mass is 10.1. The van der Waals surface area contributed by atoms with E-state index < -0.39 is 0 Å². The molecule has 0 aromatic heterocycles. The SMILES string of the molecule is O=C(Oc1ccc(C#Cc2ccc(N=C=S)cc2)cc1)c1ccc(CP)cc1. The minimum atomic E-state index is -0.381. The zero-order valence-corrected chi connectivity index (χ0v) is 16.9. The average Bonchev–Trinajstić information content (AvgIpc) is 2.74. The second-order valence-corrected chi connectivity index (χ2v) is 6.41. The summed E-state index contributed by atoms with van der Waals surface area (Å²) in [5, 5.41) is 2.33. The van der Waals surface area contributed by atoms with E-state index in [1.54, 1.807) is 24.3 Å². The third kappa shape index (κ3) is 5.46. The predicted octanol–water partition coefficient (Wildman–Crippen LogP) is 5.42. The predicted molar refractivity (Wildman–Crippen MR) is 118 cm³/mol. The summed E-state index contributed by atoms with van der Waals surface area (Å²) < 4.78 is 5.41. The van der Waals surface area contributed by atoms with Gasteiger partial charge in [-0.05, 0) is 84.6 Å². The van der Waals surface area contributed by atoms with Gasteiger partial charge in [-0.1, -0.05) is 24.0 Å². The molecule has 0 aliphatic carbocycles. The Morgan fingerprint density at radius 3 is 2.00 bits per heavy atom. The van der Waals surface area contributed by atoms with Gasteiger partial charge in [0.25, 0.3) is 0 Å². The van der Waals surface area contributed by atoms with Crippen molar-refractivity contribution < 1.29 is 9.53 Å². The molecule has 3 aromatic carbocycles. The molecular formula is C23H16NO2PS. The maximum atomic E-state index is 12.2. The molecule has 0 radical (unpaired) electrons. The van der Waals surface area contributed by atoms with Gasteiger partial charge in [-0.15, -0.1) is 9.24 Å². The summed E-state index contributed by atoms with van der Waals surface area (Å²) in [5.74, 6) is 6.26. The van der Waals surface area contributed by atoms with Crippen LogP contribution >= 0.6 is 21.5 Å². The smallest absolute Gasteiger partial charge is 0.343 e. The van der Waals surface area contributed by atoms with Gasteiger partial charge >= 0.3 is 5.97 Å². The lowest BCUT2D eigenvalue weighted by Crippen LogP contribution is -2.08. The maximum Gasteiger partial charge on any atom is 0.343 e. The van der Waals surface area contributed by atoms with Crippen LogP contribution in [0.2, 0.25) is 0 Å². The molecule has 0 aliphatic heterocycles. The Hall–Kier alpha value is -3.08. The van der Waals surface area contributed by atoms with Crippen LogP contribution in [0.1, 0.15) is 27.0 Å². The highest BCUT2D eigenvalue weighted by Gasteiger charge is 2.08. The van der Waals surface area contributed by atoms with Crippen LogP contribution in [0.4, 0.5) is 5.69 Å². The van der Waals surface area contributed by atoms with Gasteiger partial charge in [0, 0.05) is 11.1 Å². The van der Waals surface area contributed by atoms with Crippen LogP contribution in [0.5, 0.6) is 5.75 Å². The first kappa shape index (κ1) is 19.7. The minimum absolute atomic E-state index is 0.381. The fourth-order valence-corrected chi connectivity index (χ4v) is 2.74. The maximum absolute atomic E-state index is 12.2. The number of hydrogen-bond acceptors (Lipinski definition) is 4. The number of rotatable bonds is 4. The van der Waals surface area contributed by atoms with Crippen LogP contribution in [0.3, 0.4) is 0 Å². The number of isothiocyanates is 1. The average molecular weight is 401 g/mol. The van der Waals surface area contributed by atoms with Gasteiger partial charge in [0.05, 0.1) is 16.4 Å². The molecule has 3 aromatic rings. The highest BCUT2D eigenvalue weighted by atomic mass is 32.1. The van der Waals surface area contributed by atoms with Gasteiger partial charge in [-0.3, -0.25) is 0 Å². The zero-order chi connectivity index (χ0) is 19.8. The van der Waals surface area contributed by atoms with E-state index in [9.17, 15) is 4.79 Å². The largest absolute Gasteiger partial charge is 0.423 e. The van der Waals surface area contributed by atoms with Crippen molar-refractivity contribution in [3.8, 4) is 17.6 Å². The molecule has 0 bridgehead atoms. The number of benzene rings is 3. The molecule has 0 spiro atoms. The summed E-state index contributed by atoms with van der Waals surface area (Å²) in [7, 11) is 2.65. The van der Waals surface area contributed by atoms with E-state index in [1.165, 1.54) is 0 Å². The lowest BCUT2D eigenvalue weighted by molar-refractivity contribution is 0.0735. The van der Waals surface area contributed by atoms with Crippen molar-refractivity contribution in [2.24, 2.45) is 4.99 Å². The molecule has 0 aliphatic rings. The number of aliphatic imine (C=N–C) groups is 1. The number of carbonyl (C=O) groups excluding carboxylic acids is 1. The van der Waals surface area contributed by atoms with Crippen molar-refractivity contribution in [2.45, 2.75) is 6.16 Å². The van der Waals surface area contributed by atoms with E-state index in [4.69, 9.17) is 4.74 Å². The summed E-state index contributed by atoms with van der Waals surface area (Å²) in [6.45, 7) is 0. The van der Waals surface area contributed by atoms with Gasteiger partial charge in [0.1, 0.15) is 5.75 Å². The number of nitrogens with zero attached hydrogens (tertiary/aromatic N) is 1. The Morgan fingerprint density at radius 2 is 1.46 bits per heavy atom. The van der Waals surface area contributed by atoms with Crippen LogP contribution in [0.25, 0.3) is 0 Å². The quantitative estimate of drug-likeness (QED) is 0.146. The molecule has 28 heavy (non-hydrogen) atoms. The van der Waals surface area contributed by atoms with Gasteiger partial charge in [0.15, 0.2) is 0 Å². The summed E-state index contributed by atoms with van der Waals surface area (Å²) in [4.78, 5) is 16.1. The van der Waals surface area contributed by atoms with Gasteiger partial charge in [0.2, 0.25) is 0 Å². The summed E-state index contributed by atoms with van der Waals surface area (Å²) >= 11 is 4.58. The van der Waals surface area contributed by atoms with Crippen molar-refractivity contribution in [3.05, 3.63) is 95.1 Å². The Morgan fingerprint density at radius 1 is 0.893 bits per heavy atom. The molecular weight excluding hydrogens is 385 g/mol. The fraction of sp³-hybridized carbons (Fsp3) is 0.0435. The van der Waals surface area contributed by atoms with Crippen molar-refractivity contribution in [1.29, 1.82) is 0 Å². The third-order valence-corrected chi connectivity index (χ3v) is 4.45. The van der Waals surface area contributed by atoms with Crippen LogP contribution in [0.15, 0.2) is 77.8 Å². The fourth-order valence-electron chi connectivity index (χ4n) is 2.37. The number of hydrogen-bond donors (Lipinski definition) is 0. The van der Waals surface area contributed by atoms with Gasteiger partial charge < -0.3 is 4.74 Å². The molecule has 0 heterocycles. The first-order valence-electron chi connectivity index (χ1n) is 8.49. The molecule has 3 rings (SSSR count). The Labute approximate surface area is 171 Å². The normalized spacial score (nSPS) is 9.61. The summed E-state index contributed by atoms with van der Waals surface area (Å²) in [6, 6.07) is 21.9. The first-order chi connectivity index (χ1) is 13.7. The van der Waals surface area contributed by atoms with E-state index in [0.29, 0.717) is 11.3 Å². The van der Waals surface area contributed by atoms with Crippen LogP contribution < -0.4 is 4.74 Å². The number of thiocarbonyl (C=S) groups is 1. The van der Waals surface area contributed by atoms with Crippen LogP contribution in [0, 0.1) is 11.8 Å². The second-order valence-electron chi connectivity index (χ2n) is 5.81. The molecule has 5 heteroatoms. The van der Waals surface area contributed by atoms with Crippen LogP contribution in [-0.2, 0) is 6.16 Å². The highest BCUT2D eigenvalue weighted by molar-refractivity contribution is 7.78. The van der Waals surface area contributed by atoms with E-state index in [2.05, 4.69) is 43.5 Å². The van der Waals surface area contributed by atoms with Gasteiger partial charge in [-0.2, -0.15) is 4.99 Å². The Balaban J connectivity index is 1.64. The van der Waals surface area contributed by atoms with Crippen LogP contribution in [-0.4, -0.2) is 11.1 Å². The minimum Gasteiger partial charge on any atom is -0.423 e. The molecule has 3 nitrogen and oxygen atoms in total. The van der Waals surface area contributed by atoms with Gasteiger partial charge in [-0.25, -0.2) is 4.79 Å². The summed E-state index contributed by atoms with van der Waals surface area (Å²) in [6.07, 6.45) is 0.850. The second kappa shape index (κ2) is 9.74. The van der Waals surface area contributed by atoms with E-state index in [0.717, 1.165) is 28.5 Å². The molecule has 136 valence electrons. The molecule has 0 fully saturated rings. The monoisotopic (exact) mass is 401 g/mol. The Bertz CT molecular complexity index is 1070. The lowest BCUT2D eigenvalue weighted by Gasteiger charge is -2.05. The standard InChI is InChI=1S/C23H16NO2PS/c25-23(20-9-3-19(15-27)4-10-20)26-22-13-7-18(8-14-22)2-1-17-5-11-21(12-6-17)24-16-28/h3-14H,15,27H2. The van der Waals surface area contributed by atoms with E-state index >= 15 is 0 Å². The molecule has 0 N–H and O–H groups in total. The van der Waals surface area contributed by atoms with Crippen molar-refractivity contribution >= 4 is 38.3 Å². The summed E-state index contributed by atoms with van der Waals surface area (Å²) in [5.41, 5.74) is 4.10. The number of ether oxygens (including phenoxy) is 1. The Kier molecular flexibility index (Phi) is 6.84. The van der Waals surface area contributed by atoms with Crippen molar-refractivity contribution in [2.75, 3.05) is 0 Å². The number of esters is 1. The third-order valence-electron chi connectivity index (χ3n) is 3.88. The van der Waals surface area contributed by atoms with E-state index in [1.807, 2.05) is 48.5 Å². The number of carbonyl (C=O) groups is 1. The molecule has 1 atom stereocenters. The first-order valence-corrected chi connectivity index (χ1v) is 9.71. The van der Waals surface area contributed by atoms with E-state index in [-0.39, 0.29) is 5.97 Å². The molecule has 0 saturated carbocycles. The van der Waals surface area contributed by atoms with Crippen molar-refractivity contribution in [1.82, 2.24) is 0 Å². The molecule has 0 amide bonds. The topological polar surface area (TPSA) is 38.7 Å². The highest BCUT2D eigenvalue weighted by Crippen LogP contribution is 2.16.